The van der Waals surface area contributed by atoms with E-state index in [1.165, 1.54) is 6.07 Å². The van der Waals surface area contributed by atoms with Crippen LogP contribution in [0, 0.1) is 11.2 Å². The van der Waals surface area contributed by atoms with Crippen LogP contribution in [-0.4, -0.2) is 5.88 Å². The van der Waals surface area contributed by atoms with Crippen LogP contribution in [0.15, 0.2) is 22.7 Å². The maximum Gasteiger partial charge on any atom is 0.126 e. The molecule has 0 fully saturated rings. The first-order valence-corrected chi connectivity index (χ1v) is 6.83. The van der Waals surface area contributed by atoms with Crippen molar-refractivity contribution < 1.29 is 4.39 Å². The van der Waals surface area contributed by atoms with Gasteiger partial charge in [-0.3, -0.25) is 0 Å². The Hall–Kier alpha value is -0.0800. The Morgan fingerprint density at radius 2 is 2.12 bits per heavy atom. The smallest absolute Gasteiger partial charge is 0.126 e. The highest BCUT2D eigenvalue weighted by atomic mass is 79.9. The molecule has 0 radical (unpaired) electrons. The van der Waals surface area contributed by atoms with Crippen LogP contribution in [0.5, 0.6) is 0 Å². The van der Waals surface area contributed by atoms with Crippen LogP contribution >= 0.6 is 27.5 Å². The summed E-state index contributed by atoms with van der Waals surface area (Å²) >= 11 is 9.36. The van der Waals surface area contributed by atoms with Crippen molar-refractivity contribution in [3.63, 3.8) is 0 Å². The van der Waals surface area contributed by atoms with Crippen molar-refractivity contribution in [2.75, 3.05) is 5.88 Å². The number of rotatable bonds is 5. The first kappa shape index (κ1) is 14.0. The molecule has 0 spiro atoms. The van der Waals surface area contributed by atoms with E-state index in [1.54, 1.807) is 6.07 Å². The van der Waals surface area contributed by atoms with Gasteiger partial charge in [0.2, 0.25) is 0 Å². The lowest BCUT2D eigenvalue weighted by Gasteiger charge is -2.27. The van der Waals surface area contributed by atoms with E-state index in [9.17, 15) is 4.39 Å². The Labute approximate surface area is 110 Å². The lowest BCUT2D eigenvalue weighted by molar-refractivity contribution is 0.330. The topological polar surface area (TPSA) is 0 Å². The summed E-state index contributed by atoms with van der Waals surface area (Å²) in [5, 5.41) is 0. The summed E-state index contributed by atoms with van der Waals surface area (Å²) in [6.07, 6.45) is 2.77. The fraction of sp³-hybridized carbons (Fsp3) is 0.538. The van der Waals surface area contributed by atoms with Crippen LogP contribution in [0.2, 0.25) is 0 Å². The van der Waals surface area contributed by atoms with Crippen molar-refractivity contribution >= 4 is 27.5 Å². The first-order chi connectivity index (χ1) is 7.50. The quantitative estimate of drug-likeness (QED) is 0.658. The standard InChI is InChI=1S/C13H17BrClF/c1-3-6-13(2,9-15)8-10-7-11(14)4-5-12(10)16/h4-5,7H,3,6,8-9H2,1-2H3. The molecule has 0 saturated heterocycles. The van der Waals surface area contributed by atoms with Gasteiger partial charge >= 0.3 is 0 Å². The van der Waals surface area contributed by atoms with E-state index in [-0.39, 0.29) is 11.2 Å². The van der Waals surface area contributed by atoms with Gasteiger partial charge in [0, 0.05) is 10.4 Å². The fourth-order valence-electron chi connectivity index (χ4n) is 1.94. The molecular formula is C13H17BrClF. The molecule has 1 aromatic carbocycles. The summed E-state index contributed by atoms with van der Waals surface area (Å²) in [7, 11) is 0. The summed E-state index contributed by atoms with van der Waals surface area (Å²) in [5.41, 5.74) is 0.726. The van der Waals surface area contributed by atoms with Crippen LogP contribution in [0.3, 0.4) is 0 Å². The van der Waals surface area contributed by atoms with Crippen molar-refractivity contribution in [2.24, 2.45) is 5.41 Å². The zero-order valence-electron chi connectivity index (χ0n) is 9.69. The number of benzene rings is 1. The Morgan fingerprint density at radius 1 is 1.44 bits per heavy atom. The third-order valence-electron chi connectivity index (χ3n) is 2.80. The molecular weight excluding hydrogens is 290 g/mol. The molecule has 1 aromatic rings. The molecule has 0 aliphatic carbocycles. The number of hydrogen-bond donors (Lipinski definition) is 0. The maximum atomic E-state index is 13.6. The third kappa shape index (κ3) is 3.74. The SMILES string of the molecule is CCCC(C)(CCl)Cc1cc(Br)ccc1F. The second kappa shape index (κ2) is 6.02. The maximum absolute atomic E-state index is 13.6. The van der Waals surface area contributed by atoms with E-state index in [2.05, 4.69) is 29.8 Å². The van der Waals surface area contributed by atoms with Gasteiger partial charge in [0.25, 0.3) is 0 Å². The highest BCUT2D eigenvalue weighted by molar-refractivity contribution is 9.10. The van der Waals surface area contributed by atoms with Crippen molar-refractivity contribution in [1.29, 1.82) is 0 Å². The van der Waals surface area contributed by atoms with E-state index in [0.29, 0.717) is 12.3 Å². The minimum atomic E-state index is -0.143. The van der Waals surface area contributed by atoms with E-state index in [1.807, 2.05) is 6.07 Å². The minimum Gasteiger partial charge on any atom is -0.207 e. The van der Waals surface area contributed by atoms with Crippen LogP contribution in [0.4, 0.5) is 4.39 Å². The summed E-state index contributed by atoms with van der Waals surface area (Å²) in [6, 6.07) is 5.06. The second-order valence-corrected chi connectivity index (χ2v) is 5.79. The molecule has 1 atom stereocenters. The Kier molecular flexibility index (Phi) is 5.26. The largest absolute Gasteiger partial charge is 0.207 e. The molecule has 3 heteroatoms. The van der Waals surface area contributed by atoms with Crippen molar-refractivity contribution in [3.8, 4) is 0 Å². The summed E-state index contributed by atoms with van der Waals surface area (Å²) in [5.74, 6) is 0.419. The monoisotopic (exact) mass is 306 g/mol. The zero-order valence-corrected chi connectivity index (χ0v) is 12.0. The van der Waals surface area contributed by atoms with Gasteiger partial charge in [-0.2, -0.15) is 0 Å². The molecule has 0 amide bonds. The van der Waals surface area contributed by atoms with Crippen molar-refractivity contribution in [1.82, 2.24) is 0 Å². The lowest BCUT2D eigenvalue weighted by Crippen LogP contribution is -2.22. The molecule has 0 N–H and O–H groups in total. The number of hydrogen-bond acceptors (Lipinski definition) is 0. The molecule has 0 nitrogen and oxygen atoms in total. The fourth-order valence-corrected chi connectivity index (χ4v) is 2.58. The summed E-state index contributed by atoms with van der Waals surface area (Å²) in [6.45, 7) is 4.24. The van der Waals surface area contributed by atoms with Gasteiger partial charge in [-0.25, -0.2) is 4.39 Å². The normalized spacial score (nSPS) is 14.8. The molecule has 1 unspecified atom stereocenters. The number of halogens is 3. The van der Waals surface area contributed by atoms with Gasteiger partial charge in [0.15, 0.2) is 0 Å². The van der Waals surface area contributed by atoms with Gasteiger partial charge < -0.3 is 0 Å². The highest BCUT2D eigenvalue weighted by Crippen LogP contribution is 2.31. The first-order valence-electron chi connectivity index (χ1n) is 5.50. The van der Waals surface area contributed by atoms with Crippen LogP contribution in [0.25, 0.3) is 0 Å². The molecule has 0 heterocycles. The van der Waals surface area contributed by atoms with Crippen molar-refractivity contribution in [3.05, 3.63) is 34.1 Å². The molecule has 0 aliphatic heterocycles. The molecule has 16 heavy (non-hydrogen) atoms. The van der Waals surface area contributed by atoms with Gasteiger partial charge in [0.1, 0.15) is 5.82 Å². The second-order valence-electron chi connectivity index (χ2n) is 4.61. The minimum absolute atomic E-state index is 0.0159. The van der Waals surface area contributed by atoms with Crippen LogP contribution in [0.1, 0.15) is 32.3 Å². The Balaban J connectivity index is 2.89. The summed E-state index contributed by atoms with van der Waals surface area (Å²) < 4.78 is 14.5. The third-order valence-corrected chi connectivity index (χ3v) is 3.94. The molecule has 0 bridgehead atoms. The van der Waals surface area contributed by atoms with Crippen LogP contribution in [-0.2, 0) is 6.42 Å². The average Bonchev–Trinajstić information content (AvgIpc) is 2.24. The van der Waals surface area contributed by atoms with E-state index in [4.69, 9.17) is 11.6 Å². The molecule has 0 aliphatic rings. The van der Waals surface area contributed by atoms with Gasteiger partial charge in [-0.1, -0.05) is 36.2 Å². The van der Waals surface area contributed by atoms with Gasteiger partial charge in [-0.05, 0) is 42.0 Å². The van der Waals surface area contributed by atoms with E-state index in [0.717, 1.165) is 22.9 Å². The Bertz CT molecular complexity index is 354. The zero-order chi connectivity index (χ0) is 12.2. The molecule has 1 rings (SSSR count). The van der Waals surface area contributed by atoms with Crippen LogP contribution < -0.4 is 0 Å². The van der Waals surface area contributed by atoms with Gasteiger partial charge in [0.05, 0.1) is 0 Å². The molecule has 0 aromatic heterocycles. The lowest BCUT2D eigenvalue weighted by atomic mass is 9.81. The summed E-state index contributed by atoms with van der Waals surface area (Å²) in [4.78, 5) is 0. The van der Waals surface area contributed by atoms with Gasteiger partial charge in [-0.15, -0.1) is 11.6 Å². The Morgan fingerprint density at radius 3 is 2.69 bits per heavy atom. The average molecular weight is 308 g/mol. The highest BCUT2D eigenvalue weighted by Gasteiger charge is 2.24. The number of alkyl halides is 1. The van der Waals surface area contributed by atoms with Crippen molar-refractivity contribution in [2.45, 2.75) is 33.1 Å². The predicted molar refractivity (Wildman–Crippen MR) is 71.5 cm³/mol. The van der Waals surface area contributed by atoms with E-state index < -0.39 is 0 Å². The van der Waals surface area contributed by atoms with E-state index >= 15 is 0 Å². The molecule has 0 saturated carbocycles. The predicted octanol–water partition coefficient (Wildman–Crippen LogP) is 5.18. The molecule has 90 valence electrons.